The number of nitrogens with zero attached hydrogens (tertiary/aromatic N) is 3. The number of rotatable bonds is 6. The zero-order valence-corrected chi connectivity index (χ0v) is 17.8. The van der Waals surface area contributed by atoms with E-state index in [1.807, 2.05) is 49.7 Å². The van der Waals surface area contributed by atoms with Crippen molar-refractivity contribution in [1.82, 2.24) is 14.1 Å². The number of ketones is 1. The smallest absolute Gasteiger partial charge is 0.262 e. The standard InChI is InChI=1S/C22H25N3O3S/c1-14-11-18(15(2)24(14)3)20(26)13-29-22-23-19-9-5-4-8-17(19)21(27)25(22)12-16-7-6-10-28-16/h4-5,8-9,11,16H,6-7,10,12-13H2,1-3H3. The number of hydrogen-bond acceptors (Lipinski definition) is 5. The van der Waals surface area contributed by atoms with Crippen molar-refractivity contribution in [2.75, 3.05) is 12.4 Å². The van der Waals surface area contributed by atoms with Crippen LogP contribution in [-0.2, 0) is 18.3 Å². The third-order valence-electron chi connectivity index (χ3n) is 5.64. The SMILES string of the molecule is Cc1cc(C(=O)CSc2nc3ccccc3c(=O)n2CC2CCCO2)c(C)n1C. The maximum atomic E-state index is 13.1. The van der Waals surface area contributed by atoms with E-state index in [9.17, 15) is 9.59 Å². The van der Waals surface area contributed by atoms with Crippen LogP contribution in [0.3, 0.4) is 0 Å². The van der Waals surface area contributed by atoms with E-state index in [0.29, 0.717) is 22.6 Å². The quantitative estimate of drug-likeness (QED) is 0.353. The van der Waals surface area contributed by atoms with E-state index in [2.05, 4.69) is 0 Å². The molecule has 0 N–H and O–H groups in total. The van der Waals surface area contributed by atoms with E-state index < -0.39 is 0 Å². The minimum atomic E-state index is -0.0761. The normalized spacial score (nSPS) is 16.6. The minimum Gasteiger partial charge on any atom is -0.376 e. The summed E-state index contributed by atoms with van der Waals surface area (Å²) in [6.07, 6.45) is 1.96. The molecule has 0 spiro atoms. The second-order valence-corrected chi connectivity index (χ2v) is 8.46. The molecule has 2 aromatic heterocycles. The van der Waals surface area contributed by atoms with Crippen LogP contribution >= 0.6 is 11.8 Å². The molecule has 1 unspecified atom stereocenters. The van der Waals surface area contributed by atoms with Crippen LogP contribution < -0.4 is 5.56 Å². The molecule has 0 radical (unpaired) electrons. The molecule has 29 heavy (non-hydrogen) atoms. The molecular formula is C22H25N3O3S. The second-order valence-electron chi connectivity index (χ2n) is 7.52. The molecule has 1 atom stereocenters. The van der Waals surface area contributed by atoms with Crippen molar-refractivity contribution in [3.05, 3.63) is 57.6 Å². The highest BCUT2D eigenvalue weighted by Gasteiger charge is 2.21. The lowest BCUT2D eigenvalue weighted by Crippen LogP contribution is -2.29. The molecule has 152 valence electrons. The summed E-state index contributed by atoms with van der Waals surface area (Å²) in [6, 6.07) is 9.27. The molecule has 3 aromatic rings. The Hall–Kier alpha value is -2.38. The fourth-order valence-electron chi connectivity index (χ4n) is 3.76. The first kappa shape index (κ1) is 19.9. The van der Waals surface area contributed by atoms with Crippen LogP contribution in [0.25, 0.3) is 10.9 Å². The number of aromatic nitrogens is 3. The first-order valence-corrected chi connectivity index (χ1v) is 10.8. The predicted octanol–water partition coefficient (Wildman–Crippen LogP) is 3.51. The number of thioether (sulfide) groups is 1. The average molecular weight is 412 g/mol. The third-order valence-corrected chi connectivity index (χ3v) is 6.62. The van der Waals surface area contributed by atoms with Crippen molar-refractivity contribution in [1.29, 1.82) is 0 Å². The van der Waals surface area contributed by atoms with E-state index in [0.717, 1.165) is 36.4 Å². The van der Waals surface area contributed by atoms with Crippen molar-refractivity contribution in [2.45, 2.75) is 44.5 Å². The molecule has 1 aliphatic rings. The third kappa shape index (κ3) is 3.89. The number of hydrogen-bond donors (Lipinski definition) is 0. The molecule has 6 nitrogen and oxygen atoms in total. The van der Waals surface area contributed by atoms with Gasteiger partial charge in [0.2, 0.25) is 0 Å². The van der Waals surface area contributed by atoms with Gasteiger partial charge in [0.15, 0.2) is 10.9 Å². The predicted molar refractivity (Wildman–Crippen MR) is 115 cm³/mol. The van der Waals surface area contributed by atoms with Gasteiger partial charge in [0.25, 0.3) is 5.56 Å². The van der Waals surface area contributed by atoms with Gasteiger partial charge in [-0.1, -0.05) is 23.9 Å². The second kappa shape index (κ2) is 8.16. The van der Waals surface area contributed by atoms with Crippen LogP contribution in [0.2, 0.25) is 0 Å². The van der Waals surface area contributed by atoms with Gasteiger partial charge in [0, 0.05) is 30.6 Å². The largest absolute Gasteiger partial charge is 0.376 e. The van der Waals surface area contributed by atoms with E-state index in [-0.39, 0.29) is 23.2 Å². The van der Waals surface area contributed by atoms with E-state index >= 15 is 0 Å². The summed E-state index contributed by atoms with van der Waals surface area (Å²) < 4.78 is 9.43. The van der Waals surface area contributed by atoms with Crippen LogP contribution in [0.1, 0.15) is 34.6 Å². The highest BCUT2D eigenvalue weighted by Crippen LogP contribution is 2.23. The van der Waals surface area contributed by atoms with Gasteiger partial charge in [-0.3, -0.25) is 14.2 Å². The highest BCUT2D eigenvalue weighted by molar-refractivity contribution is 7.99. The Labute approximate surface area is 173 Å². The fraction of sp³-hybridized carbons (Fsp3) is 0.409. The molecule has 0 aliphatic carbocycles. The molecule has 0 bridgehead atoms. The number of carbonyl (C=O) groups excluding carboxylic acids is 1. The lowest BCUT2D eigenvalue weighted by atomic mass is 10.2. The van der Waals surface area contributed by atoms with Crippen LogP contribution in [0.15, 0.2) is 40.3 Å². The molecule has 1 aromatic carbocycles. The van der Waals surface area contributed by atoms with Gasteiger partial charge in [-0.15, -0.1) is 0 Å². The van der Waals surface area contributed by atoms with Gasteiger partial charge in [-0.05, 0) is 44.9 Å². The number of benzene rings is 1. The Kier molecular flexibility index (Phi) is 5.61. The highest BCUT2D eigenvalue weighted by atomic mass is 32.2. The molecule has 1 saturated heterocycles. The molecule has 0 saturated carbocycles. The van der Waals surface area contributed by atoms with E-state index in [1.54, 1.807) is 10.6 Å². The molecule has 1 fully saturated rings. The molecular weight excluding hydrogens is 386 g/mol. The van der Waals surface area contributed by atoms with Gasteiger partial charge >= 0.3 is 0 Å². The maximum Gasteiger partial charge on any atom is 0.262 e. The van der Waals surface area contributed by atoms with Gasteiger partial charge in [-0.2, -0.15) is 0 Å². The summed E-state index contributed by atoms with van der Waals surface area (Å²) in [7, 11) is 1.96. The van der Waals surface area contributed by atoms with Gasteiger partial charge in [0.05, 0.1) is 29.3 Å². The summed E-state index contributed by atoms with van der Waals surface area (Å²) in [5, 5.41) is 1.17. The number of aryl methyl sites for hydroxylation is 1. The van der Waals surface area contributed by atoms with Crippen molar-refractivity contribution in [3.8, 4) is 0 Å². The van der Waals surface area contributed by atoms with Crippen LogP contribution in [0.5, 0.6) is 0 Å². The summed E-state index contributed by atoms with van der Waals surface area (Å²) in [4.78, 5) is 30.7. The number of carbonyl (C=O) groups is 1. The lowest BCUT2D eigenvalue weighted by molar-refractivity contribution is 0.0937. The van der Waals surface area contributed by atoms with Gasteiger partial charge in [0.1, 0.15) is 0 Å². The summed E-state index contributed by atoms with van der Waals surface area (Å²) >= 11 is 1.32. The Morgan fingerprint density at radius 1 is 1.31 bits per heavy atom. The topological polar surface area (TPSA) is 66.1 Å². The lowest BCUT2D eigenvalue weighted by Gasteiger charge is -2.16. The first-order valence-electron chi connectivity index (χ1n) is 9.86. The molecule has 4 rings (SSSR count). The zero-order valence-electron chi connectivity index (χ0n) is 17.0. The van der Waals surface area contributed by atoms with E-state index in [1.165, 1.54) is 11.8 Å². The molecule has 1 aliphatic heterocycles. The molecule has 0 amide bonds. The van der Waals surface area contributed by atoms with Crippen molar-refractivity contribution in [3.63, 3.8) is 0 Å². The molecule has 3 heterocycles. The number of para-hydroxylation sites is 1. The Bertz CT molecular complexity index is 1130. The summed E-state index contributed by atoms with van der Waals surface area (Å²) in [5.74, 6) is 0.280. The number of fused-ring (bicyclic) bond motifs is 1. The van der Waals surface area contributed by atoms with Crippen molar-refractivity contribution < 1.29 is 9.53 Å². The van der Waals surface area contributed by atoms with Crippen LogP contribution in [0.4, 0.5) is 0 Å². The van der Waals surface area contributed by atoms with Crippen molar-refractivity contribution >= 4 is 28.4 Å². The zero-order chi connectivity index (χ0) is 20.5. The Balaban J connectivity index is 1.65. The van der Waals surface area contributed by atoms with Crippen molar-refractivity contribution in [2.24, 2.45) is 7.05 Å². The van der Waals surface area contributed by atoms with Crippen LogP contribution in [-0.4, -0.2) is 38.4 Å². The fourth-order valence-corrected chi connectivity index (χ4v) is 4.65. The molecule has 7 heteroatoms. The Morgan fingerprint density at radius 2 is 2.10 bits per heavy atom. The van der Waals surface area contributed by atoms with Crippen LogP contribution in [0, 0.1) is 13.8 Å². The minimum absolute atomic E-state index is 0.0183. The van der Waals surface area contributed by atoms with Gasteiger partial charge in [-0.25, -0.2) is 4.98 Å². The first-order chi connectivity index (χ1) is 14.0. The van der Waals surface area contributed by atoms with Gasteiger partial charge < -0.3 is 9.30 Å². The summed E-state index contributed by atoms with van der Waals surface area (Å²) in [5.41, 5.74) is 3.31. The number of ether oxygens (including phenoxy) is 1. The maximum absolute atomic E-state index is 13.1. The summed E-state index contributed by atoms with van der Waals surface area (Å²) in [6.45, 7) is 5.14. The Morgan fingerprint density at radius 3 is 2.79 bits per heavy atom. The average Bonchev–Trinajstić information content (AvgIpc) is 3.32. The van der Waals surface area contributed by atoms with E-state index in [4.69, 9.17) is 9.72 Å². The number of Topliss-reactive ketones (excluding diaryl/α,β-unsaturated/α-hetero) is 1. The monoisotopic (exact) mass is 411 g/mol.